The van der Waals surface area contributed by atoms with E-state index < -0.39 is 16.1 Å². The number of carbonyl (C=O) groups excluding carboxylic acids is 1. The van der Waals surface area contributed by atoms with Gasteiger partial charge in [-0.25, -0.2) is 8.42 Å². The van der Waals surface area contributed by atoms with Crippen LogP contribution in [0.4, 0.5) is 5.69 Å². The number of anilines is 1. The lowest BCUT2D eigenvalue weighted by Gasteiger charge is -2.34. The van der Waals surface area contributed by atoms with Gasteiger partial charge in [-0.3, -0.25) is 9.10 Å². The van der Waals surface area contributed by atoms with Crippen molar-refractivity contribution in [2.75, 3.05) is 23.7 Å². The summed E-state index contributed by atoms with van der Waals surface area (Å²) in [6.45, 7) is 3.98. The second-order valence-electron chi connectivity index (χ2n) is 6.85. The zero-order valence-electron chi connectivity index (χ0n) is 16.1. The second-order valence-corrected chi connectivity index (χ2v) is 8.76. The number of benzene rings is 2. The van der Waals surface area contributed by atoms with E-state index in [1.165, 1.54) is 4.31 Å². The number of sulfonamides is 1. The minimum absolute atomic E-state index is 0.0763. The highest BCUT2D eigenvalue weighted by Gasteiger charge is 2.35. The molecule has 2 unspecified atom stereocenters. The summed E-state index contributed by atoms with van der Waals surface area (Å²) >= 11 is 0. The Morgan fingerprint density at radius 3 is 2.64 bits per heavy atom. The van der Waals surface area contributed by atoms with E-state index in [9.17, 15) is 13.2 Å². The number of hydrogen-bond donors (Lipinski definition) is 1. The predicted molar refractivity (Wildman–Crippen MR) is 107 cm³/mol. The first-order chi connectivity index (χ1) is 13.3. The highest BCUT2D eigenvalue weighted by atomic mass is 32.2. The normalized spacial score (nSPS) is 17.2. The lowest BCUT2D eigenvalue weighted by Crippen LogP contribution is -2.52. The average Bonchev–Trinajstić information content (AvgIpc) is 2.65. The van der Waals surface area contributed by atoms with Crippen LogP contribution < -0.4 is 19.1 Å². The van der Waals surface area contributed by atoms with Crippen molar-refractivity contribution in [2.45, 2.75) is 26.0 Å². The summed E-state index contributed by atoms with van der Waals surface area (Å²) in [4.78, 5) is 12.7. The number of fused-ring (bicyclic) bond motifs is 1. The van der Waals surface area contributed by atoms with E-state index >= 15 is 0 Å². The van der Waals surface area contributed by atoms with Gasteiger partial charge in [0, 0.05) is 0 Å². The van der Waals surface area contributed by atoms with Gasteiger partial charge in [0.25, 0.3) is 5.91 Å². The maximum absolute atomic E-state index is 12.7. The van der Waals surface area contributed by atoms with Crippen molar-refractivity contribution in [3.63, 3.8) is 0 Å². The number of para-hydroxylation sites is 3. The van der Waals surface area contributed by atoms with Gasteiger partial charge >= 0.3 is 0 Å². The van der Waals surface area contributed by atoms with Gasteiger partial charge in [-0.15, -0.1) is 0 Å². The Balaban J connectivity index is 1.65. The zero-order valence-corrected chi connectivity index (χ0v) is 16.9. The summed E-state index contributed by atoms with van der Waals surface area (Å²) in [5.74, 6) is 0.738. The third-order valence-corrected chi connectivity index (χ3v) is 5.55. The molecule has 0 spiro atoms. The molecule has 1 aliphatic heterocycles. The quantitative estimate of drug-likeness (QED) is 0.797. The molecule has 7 nitrogen and oxygen atoms in total. The van der Waals surface area contributed by atoms with Crippen molar-refractivity contribution in [1.82, 2.24) is 5.32 Å². The van der Waals surface area contributed by atoms with Crippen LogP contribution in [0.1, 0.15) is 12.5 Å². The Bertz CT molecular complexity index is 961. The van der Waals surface area contributed by atoms with E-state index in [1.54, 1.807) is 24.3 Å². The fourth-order valence-electron chi connectivity index (χ4n) is 2.96. The Kier molecular flexibility index (Phi) is 5.79. The first-order valence-corrected chi connectivity index (χ1v) is 10.8. The molecule has 3 rings (SSSR count). The molecule has 1 amide bonds. The number of carbonyl (C=O) groups is 1. The molecule has 8 heteroatoms. The van der Waals surface area contributed by atoms with Crippen LogP contribution in [0, 0.1) is 6.92 Å². The average molecular weight is 404 g/mol. The number of hydrogen-bond acceptors (Lipinski definition) is 5. The molecular formula is C20H24N2O5S. The Labute approximate surface area is 165 Å². The predicted octanol–water partition coefficient (Wildman–Crippen LogP) is 2.11. The van der Waals surface area contributed by atoms with E-state index in [2.05, 4.69) is 5.32 Å². The van der Waals surface area contributed by atoms with Crippen molar-refractivity contribution in [3.05, 3.63) is 54.1 Å². The summed E-state index contributed by atoms with van der Waals surface area (Å²) in [5, 5.41) is 2.83. The Morgan fingerprint density at radius 1 is 1.25 bits per heavy atom. The van der Waals surface area contributed by atoms with Crippen LogP contribution in [0.25, 0.3) is 0 Å². The summed E-state index contributed by atoms with van der Waals surface area (Å²) < 4.78 is 37.0. The third kappa shape index (κ3) is 4.56. The maximum Gasteiger partial charge on any atom is 0.263 e. The molecule has 0 aliphatic carbocycles. The summed E-state index contributed by atoms with van der Waals surface area (Å²) in [5.41, 5.74) is 1.45. The number of amides is 1. The van der Waals surface area contributed by atoms with E-state index in [4.69, 9.17) is 9.47 Å². The Morgan fingerprint density at radius 2 is 1.93 bits per heavy atom. The monoisotopic (exact) mass is 404 g/mol. The van der Waals surface area contributed by atoms with Crippen LogP contribution in [0.5, 0.6) is 11.5 Å². The van der Waals surface area contributed by atoms with Gasteiger partial charge in [-0.05, 0) is 37.6 Å². The van der Waals surface area contributed by atoms with Crippen molar-refractivity contribution < 1.29 is 22.7 Å². The fraction of sp³-hybridized carbons (Fsp3) is 0.350. The number of rotatable bonds is 6. The highest BCUT2D eigenvalue weighted by molar-refractivity contribution is 7.92. The van der Waals surface area contributed by atoms with Gasteiger partial charge in [0.2, 0.25) is 10.0 Å². The summed E-state index contributed by atoms with van der Waals surface area (Å²) in [6.07, 6.45) is 0.174. The third-order valence-electron chi connectivity index (χ3n) is 4.40. The number of aryl methyl sites for hydroxylation is 1. The van der Waals surface area contributed by atoms with Gasteiger partial charge in [0.05, 0.1) is 24.5 Å². The standard InChI is InChI=1S/C20H24N2O5S/c1-14-8-4-6-10-17(14)26-13-15(2)21-20(23)19-12-22(28(3,24)25)16-9-5-7-11-18(16)27-19/h4-11,15,19H,12-13H2,1-3H3,(H,21,23). The molecule has 1 heterocycles. The molecule has 0 saturated heterocycles. The SMILES string of the molecule is Cc1ccccc1OCC(C)NC(=O)C1CN(S(C)(=O)=O)c2ccccc2O1. The van der Waals surface area contributed by atoms with Gasteiger partial charge in [0.15, 0.2) is 6.10 Å². The van der Waals surface area contributed by atoms with Crippen molar-refractivity contribution in [1.29, 1.82) is 0 Å². The molecule has 0 radical (unpaired) electrons. The van der Waals surface area contributed by atoms with Crippen LogP contribution in [-0.2, 0) is 14.8 Å². The van der Waals surface area contributed by atoms with E-state index in [1.807, 2.05) is 38.1 Å². The molecule has 0 aromatic heterocycles. The molecule has 0 fully saturated rings. The van der Waals surface area contributed by atoms with Crippen molar-refractivity contribution in [2.24, 2.45) is 0 Å². The van der Waals surface area contributed by atoms with E-state index in [-0.39, 0.29) is 25.1 Å². The highest BCUT2D eigenvalue weighted by Crippen LogP contribution is 2.34. The van der Waals surface area contributed by atoms with E-state index in [0.717, 1.165) is 17.6 Å². The van der Waals surface area contributed by atoms with Crippen molar-refractivity contribution >= 4 is 21.6 Å². The minimum Gasteiger partial charge on any atom is -0.491 e. The van der Waals surface area contributed by atoms with Gasteiger partial charge < -0.3 is 14.8 Å². The maximum atomic E-state index is 12.7. The Hall–Kier alpha value is -2.74. The number of ether oxygens (including phenoxy) is 2. The summed E-state index contributed by atoms with van der Waals surface area (Å²) in [7, 11) is -3.54. The molecule has 1 N–H and O–H groups in total. The summed E-state index contributed by atoms with van der Waals surface area (Å²) in [6, 6.07) is 14.1. The van der Waals surface area contributed by atoms with Gasteiger partial charge in [-0.2, -0.15) is 0 Å². The molecule has 2 aromatic rings. The van der Waals surface area contributed by atoms with Crippen LogP contribution in [0.2, 0.25) is 0 Å². The zero-order chi connectivity index (χ0) is 20.3. The lowest BCUT2D eigenvalue weighted by atomic mass is 10.2. The van der Waals surface area contributed by atoms with Crippen LogP contribution >= 0.6 is 0 Å². The first kappa shape index (κ1) is 20.0. The van der Waals surface area contributed by atoms with Crippen LogP contribution in [0.3, 0.4) is 0 Å². The molecule has 2 atom stereocenters. The second kappa shape index (κ2) is 8.10. The molecule has 28 heavy (non-hydrogen) atoms. The van der Waals surface area contributed by atoms with Crippen LogP contribution in [0.15, 0.2) is 48.5 Å². The molecule has 2 aromatic carbocycles. The number of nitrogens with one attached hydrogen (secondary N) is 1. The number of nitrogens with zero attached hydrogens (tertiary/aromatic N) is 1. The largest absolute Gasteiger partial charge is 0.491 e. The smallest absolute Gasteiger partial charge is 0.263 e. The van der Waals surface area contributed by atoms with Gasteiger partial charge in [0.1, 0.15) is 18.1 Å². The molecule has 150 valence electrons. The molecule has 1 aliphatic rings. The van der Waals surface area contributed by atoms with E-state index in [0.29, 0.717) is 11.4 Å². The topological polar surface area (TPSA) is 84.9 Å². The molecule has 0 bridgehead atoms. The lowest BCUT2D eigenvalue weighted by molar-refractivity contribution is -0.128. The minimum atomic E-state index is -3.54. The van der Waals surface area contributed by atoms with Gasteiger partial charge in [-0.1, -0.05) is 30.3 Å². The van der Waals surface area contributed by atoms with Crippen molar-refractivity contribution in [3.8, 4) is 11.5 Å². The van der Waals surface area contributed by atoms with Crippen LogP contribution in [-0.4, -0.2) is 45.9 Å². The first-order valence-electron chi connectivity index (χ1n) is 8.98. The molecule has 0 saturated carbocycles. The molecular weight excluding hydrogens is 380 g/mol. The fourth-order valence-corrected chi connectivity index (χ4v) is 3.88.